The summed E-state index contributed by atoms with van der Waals surface area (Å²) in [6, 6.07) is 7.78. The maximum absolute atomic E-state index is 10.6. The molecule has 0 N–H and O–H groups in total. The Bertz CT molecular complexity index is 343. The van der Waals surface area contributed by atoms with Crippen molar-refractivity contribution in [2.75, 3.05) is 7.11 Å². The second-order valence-electron chi connectivity index (χ2n) is 4.81. The molecule has 0 radical (unpaired) electrons. The number of aldehydes is 1. The molecule has 0 bridgehead atoms. The molecule has 3 nitrogen and oxygen atoms in total. The number of carbonyl (C=O) groups excluding carboxylic acids is 1. The lowest BCUT2D eigenvalue weighted by Gasteiger charge is -2.17. The van der Waals surface area contributed by atoms with Crippen molar-refractivity contribution in [2.24, 2.45) is 5.92 Å². The van der Waals surface area contributed by atoms with Gasteiger partial charge >= 0.3 is 0 Å². The first-order valence-corrected chi connectivity index (χ1v) is 6.34. The minimum Gasteiger partial charge on any atom is -0.497 e. The van der Waals surface area contributed by atoms with E-state index in [1.807, 2.05) is 24.3 Å². The van der Waals surface area contributed by atoms with Gasteiger partial charge in [0.2, 0.25) is 0 Å². The van der Waals surface area contributed by atoms with Gasteiger partial charge in [-0.1, -0.05) is 26.0 Å². The smallest absolute Gasteiger partial charge is 0.122 e. The van der Waals surface area contributed by atoms with Gasteiger partial charge in [0.05, 0.1) is 19.8 Å². The molecule has 0 aliphatic heterocycles. The maximum atomic E-state index is 10.6. The van der Waals surface area contributed by atoms with Gasteiger partial charge in [-0.15, -0.1) is 0 Å². The molecule has 0 fully saturated rings. The molecule has 1 rings (SSSR count). The Morgan fingerprint density at radius 3 is 2.39 bits per heavy atom. The van der Waals surface area contributed by atoms with Crippen LogP contribution in [0.4, 0.5) is 0 Å². The van der Waals surface area contributed by atoms with E-state index in [4.69, 9.17) is 9.47 Å². The fraction of sp³-hybridized carbons (Fsp3) is 0.533. The lowest BCUT2D eigenvalue weighted by Crippen LogP contribution is -2.16. The third-order valence-electron chi connectivity index (χ3n) is 2.74. The molecule has 100 valence electrons. The van der Waals surface area contributed by atoms with Crippen molar-refractivity contribution >= 4 is 6.29 Å². The summed E-state index contributed by atoms with van der Waals surface area (Å²) in [5, 5.41) is 0. The van der Waals surface area contributed by atoms with Crippen molar-refractivity contribution in [1.29, 1.82) is 0 Å². The van der Waals surface area contributed by atoms with E-state index in [2.05, 4.69) is 13.8 Å². The Morgan fingerprint density at radius 2 is 1.89 bits per heavy atom. The van der Waals surface area contributed by atoms with Gasteiger partial charge in [0, 0.05) is 6.42 Å². The molecule has 1 atom stereocenters. The molecule has 3 heteroatoms. The van der Waals surface area contributed by atoms with Crippen LogP contribution in [0.2, 0.25) is 0 Å². The second-order valence-corrected chi connectivity index (χ2v) is 4.81. The molecular weight excluding hydrogens is 228 g/mol. The number of methoxy groups -OCH3 is 1. The number of ether oxygens (including phenoxy) is 2. The van der Waals surface area contributed by atoms with E-state index >= 15 is 0 Å². The Morgan fingerprint density at radius 1 is 1.22 bits per heavy atom. The Labute approximate surface area is 109 Å². The topological polar surface area (TPSA) is 35.5 Å². The predicted octanol–water partition coefficient (Wildman–Crippen LogP) is 3.22. The number of rotatable bonds is 8. The SMILES string of the molecule is COc1ccc(CO[C@@H](CC=O)CC(C)C)cc1. The van der Waals surface area contributed by atoms with Gasteiger partial charge in [-0.25, -0.2) is 0 Å². The fourth-order valence-electron chi connectivity index (χ4n) is 1.80. The van der Waals surface area contributed by atoms with Crippen molar-refractivity contribution in [3.8, 4) is 5.75 Å². The summed E-state index contributed by atoms with van der Waals surface area (Å²) in [5.41, 5.74) is 1.09. The van der Waals surface area contributed by atoms with Crippen LogP contribution in [0.15, 0.2) is 24.3 Å². The lowest BCUT2D eigenvalue weighted by atomic mass is 10.0. The Kier molecular flexibility index (Phi) is 6.44. The van der Waals surface area contributed by atoms with Crippen LogP contribution < -0.4 is 4.74 Å². The number of carbonyl (C=O) groups is 1. The molecule has 0 heterocycles. The molecule has 0 amide bonds. The summed E-state index contributed by atoms with van der Waals surface area (Å²) in [6.45, 7) is 4.80. The average molecular weight is 250 g/mol. The van der Waals surface area contributed by atoms with Crippen molar-refractivity contribution in [2.45, 2.75) is 39.4 Å². The molecule has 18 heavy (non-hydrogen) atoms. The van der Waals surface area contributed by atoms with Gasteiger partial charge in [0.15, 0.2) is 0 Å². The standard InChI is InChI=1S/C15H22O3/c1-12(2)10-15(8-9-16)18-11-13-4-6-14(17-3)7-5-13/h4-7,9,12,15H,8,10-11H2,1-3H3/t15-/m0/s1. The highest BCUT2D eigenvalue weighted by Crippen LogP contribution is 2.15. The van der Waals surface area contributed by atoms with Crippen LogP contribution in [0.25, 0.3) is 0 Å². The third-order valence-corrected chi connectivity index (χ3v) is 2.74. The molecule has 0 saturated carbocycles. The van der Waals surface area contributed by atoms with Crippen molar-refractivity contribution in [3.05, 3.63) is 29.8 Å². The van der Waals surface area contributed by atoms with Gasteiger partial charge in [0.25, 0.3) is 0 Å². The fourth-order valence-corrected chi connectivity index (χ4v) is 1.80. The zero-order valence-electron chi connectivity index (χ0n) is 11.4. The van der Waals surface area contributed by atoms with E-state index in [-0.39, 0.29) is 6.10 Å². The summed E-state index contributed by atoms with van der Waals surface area (Å²) < 4.78 is 10.9. The molecule has 0 aliphatic carbocycles. The van der Waals surface area contributed by atoms with Crippen LogP contribution in [0, 0.1) is 5.92 Å². The summed E-state index contributed by atoms with van der Waals surface area (Å²) in [7, 11) is 1.65. The first-order valence-electron chi connectivity index (χ1n) is 6.34. The van der Waals surface area contributed by atoms with Crippen LogP contribution in [-0.4, -0.2) is 19.5 Å². The summed E-state index contributed by atoms with van der Waals surface area (Å²) in [5.74, 6) is 1.37. The van der Waals surface area contributed by atoms with Gasteiger partial charge < -0.3 is 14.3 Å². The number of hydrogen-bond acceptors (Lipinski definition) is 3. The lowest BCUT2D eigenvalue weighted by molar-refractivity contribution is -0.111. The Balaban J connectivity index is 2.46. The largest absolute Gasteiger partial charge is 0.497 e. The highest BCUT2D eigenvalue weighted by Gasteiger charge is 2.11. The normalized spacial score (nSPS) is 12.4. The Hall–Kier alpha value is -1.35. The van der Waals surface area contributed by atoms with Crippen LogP contribution in [0.5, 0.6) is 5.75 Å². The quantitative estimate of drug-likeness (QED) is 0.665. The van der Waals surface area contributed by atoms with E-state index in [1.54, 1.807) is 7.11 Å². The van der Waals surface area contributed by atoms with E-state index in [9.17, 15) is 4.79 Å². The molecule has 0 saturated heterocycles. The molecule has 0 unspecified atom stereocenters. The predicted molar refractivity (Wildman–Crippen MR) is 71.7 cm³/mol. The summed E-state index contributed by atoms with van der Waals surface area (Å²) in [4.78, 5) is 10.6. The minimum absolute atomic E-state index is 0.0181. The van der Waals surface area contributed by atoms with E-state index < -0.39 is 0 Å². The van der Waals surface area contributed by atoms with Gasteiger partial charge in [0.1, 0.15) is 12.0 Å². The molecular formula is C15H22O3. The van der Waals surface area contributed by atoms with Gasteiger partial charge in [-0.2, -0.15) is 0 Å². The van der Waals surface area contributed by atoms with E-state index in [1.165, 1.54) is 0 Å². The van der Waals surface area contributed by atoms with Gasteiger partial charge in [-0.05, 0) is 30.0 Å². The average Bonchev–Trinajstić information content (AvgIpc) is 2.36. The van der Waals surface area contributed by atoms with Crippen LogP contribution >= 0.6 is 0 Å². The maximum Gasteiger partial charge on any atom is 0.122 e. The molecule has 0 aromatic heterocycles. The molecule has 0 spiro atoms. The minimum atomic E-state index is 0.0181. The van der Waals surface area contributed by atoms with Crippen molar-refractivity contribution in [1.82, 2.24) is 0 Å². The van der Waals surface area contributed by atoms with Crippen LogP contribution in [-0.2, 0) is 16.1 Å². The highest BCUT2D eigenvalue weighted by atomic mass is 16.5. The van der Waals surface area contributed by atoms with Crippen LogP contribution in [0.1, 0.15) is 32.3 Å². The monoisotopic (exact) mass is 250 g/mol. The molecule has 0 aliphatic rings. The molecule has 1 aromatic rings. The summed E-state index contributed by atoms with van der Waals surface area (Å²) >= 11 is 0. The zero-order valence-corrected chi connectivity index (χ0v) is 11.4. The van der Waals surface area contributed by atoms with Crippen molar-refractivity contribution in [3.63, 3.8) is 0 Å². The van der Waals surface area contributed by atoms with Gasteiger partial charge in [-0.3, -0.25) is 0 Å². The third kappa shape index (κ3) is 5.32. The molecule has 1 aromatic carbocycles. The number of benzene rings is 1. The zero-order chi connectivity index (χ0) is 13.4. The number of hydrogen-bond donors (Lipinski definition) is 0. The van der Waals surface area contributed by atoms with E-state index in [0.717, 1.165) is 24.0 Å². The van der Waals surface area contributed by atoms with E-state index in [0.29, 0.717) is 18.9 Å². The second kappa shape index (κ2) is 7.88. The summed E-state index contributed by atoms with van der Waals surface area (Å²) in [6.07, 6.45) is 2.33. The van der Waals surface area contributed by atoms with Crippen LogP contribution in [0.3, 0.4) is 0 Å². The highest BCUT2D eigenvalue weighted by molar-refractivity contribution is 5.50. The first kappa shape index (κ1) is 14.7. The van der Waals surface area contributed by atoms with Crippen molar-refractivity contribution < 1.29 is 14.3 Å². The first-order chi connectivity index (χ1) is 8.65.